The van der Waals surface area contributed by atoms with E-state index in [0.29, 0.717) is 21.3 Å². The van der Waals surface area contributed by atoms with E-state index >= 15 is 0 Å². The highest BCUT2D eigenvalue weighted by molar-refractivity contribution is 6.36. The zero-order valence-electron chi connectivity index (χ0n) is 9.04. The number of anilines is 1. The first-order chi connectivity index (χ1) is 8.02. The molecular weight excluding hydrogens is 261 g/mol. The van der Waals surface area contributed by atoms with Crippen LogP contribution >= 0.6 is 23.2 Å². The minimum atomic E-state index is -0.309. The zero-order valence-corrected chi connectivity index (χ0v) is 10.5. The third-order valence-corrected chi connectivity index (χ3v) is 2.96. The molecule has 1 aliphatic rings. The molecule has 0 unspecified atom stereocenters. The second-order valence-electron chi connectivity index (χ2n) is 3.65. The Hall–Kier alpha value is -1.32. The summed E-state index contributed by atoms with van der Waals surface area (Å²) >= 11 is 11.7. The van der Waals surface area contributed by atoms with E-state index in [2.05, 4.69) is 0 Å². The van der Waals surface area contributed by atoms with Crippen molar-refractivity contribution in [3.8, 4) is 0 Å². The van der Waals surface area contributed by atoms with Crippen molar-refractivity contribution in [3.05, 3.63) is 39.9 Å². The number of hydrogen-bond donors (Lipinski definition) is 0. The molecule has 5 heteroatoms. The first-order valence-corrected chi connectivity index (χ1v) is 5.77. The average Bonchev–Trinajstić information content (AvgIpc) is 2.52. The van der Waals surface area contributed by atoms with Crippen LogP contribution in [0.3, 0.4) is 0 Å². The summed E-state index contributed by atoms with van der Waals surface area (Å²) in [5.41, 5.74) is 0.903. The van der Waals surface area contributed by atoms with Crippen LogP contribution in [0, 0.1) is 0 Å². The van der Waals surface area contributed by atoms with Gasteiger partial charge < -0.3 is 0 Å². The Morgan fingerprint density at radius 2 is 1.76 bits per heavy atom. The third-order valence-electron chi connectivity index (χ3n) is 2.52. The van der Waals surface area contributed by atoms with Crippen molar-refractivity contribution in [2.75, 3.05) is 4.90 Å². The summed E-state index contributed by atoms with van der Waals surface area (Å²) in [6.07, 6.45) is 1.77. The molecule has 88 valence electrons. The number of carbonyl (C=O) groups is 2. The fourth-order valence-electron chi connectivity index (χ4n) is 1.73. The fraction of sp³-hybridized carbons (Fsp3) is 0.167. The van der Waals surface area contributed by atoms with Crippen LogP contribution in [0.2, 0.25) is 10.0 Å². The van der Waals surface area contributed by atoms with E-state index in [1.54, 1.807) is 31.2 Å². The summed E-state index contributed by atoms with van der Waals surface area (Å²) in [6, 6.07) is 4.64. The highest BCUT2D eigenvalue weighted by Crippen LogP contribution is 2.30. The molecule has 1 aliphatic heterocycles. The van der Waals surface area contributed by atoms with Gasteiger partial charge in [-0.05, 0) is 25.1 Å². The molecule has 1 fully saturated rings. The molecule has 2 amide bonds. The van der Waals surface area contributed by atoms with Crippen LogP contribution in [-0.2, 0) is 9.59 Å². The van der Waals surface area contributed by atoms with Crippen LogP contribution in [0.5, 0.6) is 0 Å². The van der Waals surface area contributed by atoms with Gasteiger partial charge in [0.05, 0.1) is 12.1 Å². The Kier molecular flexibility index (Phi) is 3.22. The molecule has 1 heterocycles. The smallest absolute Gasteiger partial charge is 0.261 e. The predicted molar refractivity (Wildman–Crippen MR) is 67.3 cm³/mol. The molecule has 0 bridgehead atoms. The van der Waals surface area contributed by atoms with Crippen molar-refractivity contribution in [1.82, 2.24) is 0 Å². The molecule has 0 spiro atoms. The largest absolute Gasteiger partial charge is 0.274 e. The van der Waals surface area contributed by atoms with Crippen LogP contribution in [-0.4, -0.2) is 11.8 Å². The summed E-state index contributed by atoms with van der Waals surface area (Å²) in [6.45, 7) is 1.73. The van der Waals surface area contributed by atoms with Gasteiger partial charge in [-0.1, -0.05) is 29.3 Å². The van der Waals surface area contributed by atoms with Gasteiger partial charge in [0, 0.05) is 15.6 Å². The van der Waals surface area contributed by atoms with Gasteiger partial charge in [0.2, 0.25) is 5.91 Å². The quantitative estimate of drug-likeness (QED) is 0.580. The molecule has 0 N–H and O–H groups in total. The van der Waals surface area contributed by atoms with Gasteiger partial charge in [-0.15, -0.1) is 0 Å². The van der Waals surface area contributed by atoms with Crippen molar-refractivity contribution in [2.45, 2.75) is 13.3 Å². The Labute approximate surface area is 109 Å². The number of imide groups is 1. The molecule has 1 aromatic rings. The predicted octanol–water partition coefficient (Wildman–Crippen LogP) is 3.20. The second-order valence-corrected chi connectivity index (χ2v) is 4.53. The third kappa shape index (κ3) is 2.21. The first kappa shape index (κ1) is 12.1. The van der Waals surface area contributed by atoms with E-state index in [4.69, 9.17) is 23.2 Å². The molecule has 1 aromatic carbocycles. The van der Waals surface area contributed by atoms with Crippen LogP contribution in [0.4, 0.5) is 5.69 Å². The number of halogens is 2. The molecule has 0 radical (unpaired) electrons. The maximum absolute atomic E-state index is 11.9. The number of carbonyl (C=O) groups excluding carboxylic acids is 2. The van der Waals surface area contributed by atoms with Gasteiger partial charge in [0.25, 0.3) is 5.91 Å². The minimum Gasteiger partial charge on any atom is -0.274 e. The van der Waals surface area contributed by atoms with E-state index < -0.39 is 0 Å². The standard InChI is InChI=1S/C12H9Cl2NO2/c1-2-7-3-11(16)15(12(7)17)10-5-8(13)4-9(14)6-10/h2,4-6H,3H2,1H3/b7-2+. The Morgan fingerprint density at radius 3 is 2.24 bits per heavy atom. The molecule has 17 heavy (non-hydrogen) atoms. The lowest BCUT2D eigenvalue weighted by Gasteiger charge is -2.14. The number of nitrogens with zero attached hydrogens (tertiary/aromatic N) is 1. The molecule has 2 rings (SSSR count). The summed E-state index contributed by atoms with van der Waals surface area (Å²) in [4.78, 5) is 24.8. The van der Waals surface area contributed by atoms with Gasteiger partial charge in [-0.2, -0.15) is 0 Å². The molecule has 1 saturated heterocycles. The van der Waals surface area contributed by atoms with Crippen molar-refractivity contribution < 1.29 is 9.59 Å². The Bertz CT molecular complexity index is 517. The van der Waals surface area contributed by atoms with Crippen molar-refractivity contribution in [3.63, 3.8) is 0 Å². The molecular formula is C12H9Cl2NO2. The van der Waals surface area contributed by atoms with E-state index in [9.17, 15) is 9.59 Å². The van der Waals surface area contributed by atoms with E-state index in [1.165, 1.54) is 0 Å². The Morgan fingerprint density at radius 1 is 1.18 bits per heavy atom. The highest BCUT2D eigenvalue weighted by Gasteiger charge is 2.34. The number of rotatable bonds is 1. The lowest BCUT2D eigenvalue weighted by atomic mass is 10.2. The van der Waals surface area contributed by atoms with Gasteiger partial charge in [-0.3, -0.25) is 9.59 Å². The van der Waals surface area contributed by atoms with E-state index in [1.807, 2.05) is 0 Å². The van der Waals surface area contributed by atoms with Crippen molar-refractivity contribution in [1.29, 1.82) is 0 Å². The summed E-state index contributed by atoms with van der Waals surface area (Å²) in [5, 5.41) is 0.782. The summed E-state index contributed by atoms with van der Waals surface area (Å²) in [7, 11) is 0. The molecule has 0 saturated carbocycles. The van der Waals surface area contributed by atoms with Crippen LogP contribution in [0.25, 0.3) is 0 Å². The summed E-state index contributed by atoms with van der Waals surface area (Å²) in [5.74, 6) is -0.572. The Balaban J connectivity index is 2.47. The summed E-state index contributed by atoms with van der Waals surface area (Å²) < 4.78 is 0. The SMILES string of the molecule is C/C=C1\CC(=O)N(c2cc(Cl)cc(Cl)c2)C1=O. The second kappa shape index (κ2) is 4.51. The molecule has 0 aromatic heterocycles. The number of amides is 2. The van der Waals surface area contributed by atoms with Gasteiger partial charge in [0.15, 0.2) is 0 Å². The number of benzene rings is 1. The maximum Gasteiger partial charge on any atom is 0.261 e. The first-order valence-electron chi connectivity index (χ1n) is 5.01. The van der Waals surface area contributed by atoms with E-state index in [-0.39, 0.29) is 18.2 Å². The minimum absolute atomic E-state index is 0.124. The molecule has 0 aliphatic carbocycles. The van der Waals surface area contributed by atoms with Crippen LogP contribution in [0.15, 0.2) is 29.8 Å². The molecule has 0 atom stereocenters. The zero-order chi connectivity index (χ0) is 12.6. The average molecular weight is 270 g/mol. The van der Waals surface area contributed by atoms with Crippen molar-refractivity contribution >= 4 is 40.7 Å². The van der Waals surface area contributed by atoms with Gasteiger partial charge in [-0.25, -0.2) is 4.90 Å². The van der Waals surface area contributed by atoms with Gasteiger partial charge in [0.1, 0.15) is 0 Å². The normalized spacial score (nSPS) is 18.3. The fourth-order valence-corrected chi connectivity index (χ4v) is 2.24. The number of allylic oxidation sites excluding steroid dienone is 1. The van der Waals surface area contributed by atoms with Crippen LogP contribution < -0.4 is 4.90 Å². The lowest BCUT2D eigenvalue weighted by Crippen LogP contribution is -2.28. The van der Waals surface area contributed by atoms with Crippen molar-refractivity contribution in [2.24, 2.45) is 0 Å². The van der Waals surface area contributed by atoms with Crippen LogP contribution in [0.1, 0.15) is 13.3 Å². The van der Waals surface area contributed by atoms with E-state index in [0.717, 1.165) is 4.90 Å². The molecule has 3 nitrogen and oxygen atoms in total. The maximum atomic E-state index is 11.9. The topological polar surface area (TPSA) is 37.4 Å². The van der Waals surface area contributed by atoms with Gasteiger partial charge >= 0.3 is 0 Å². The highest BCUT2D eigenvalue weighted by atomic mass is 35.5. The monoisotopic (exact) mass is 269 g/mol. The lowest BCUT2D eigenvalue weighted by molar-refractivity contribution is -0.120. The number of hydrogen-bond acceptors (Lipinski definition) is 2.